The summed E-state index contributed by atoms with van der Waals surface area (Å²) in [7, 11) is 0. The first kappa shape index (κ1) is 14.8. The zero-order valence-electron chi connectivity index (χ0n) is 9.82. The fraction of sp³-hybridized carbons (Fsp3) is 0. The van der Waals surface area contributed by atoms with Crippen molar-refractivity contribution < 1.29 is 26.3 Å². The molecular weight excluding hydrogens is 304 g/mol. The van der Waals surface area contributed by atoms with Gasteiger partial charge in [-0.2, -0.15) is 4.98 Å². The molecule has 0 aliphatic heterocycles. The van der Waals surface area contributed by atoms with E-state index in [1.165, 1.54) is 0 Å². The van der Waals surface area contributed by atoms with E-state index in [-0.39, 0.29) is 5.95 Å². The summed E-state index contributed by atoms with van der Waals surface area (Å²) in [5.74, 6) is -8.43. The second kappa shape index (κ2) is 5.44. The van der Waals surface area contributed by atoms with E-state index in [0.717, 1.165) is 0 Å². The van der Waals surface area contributed by atoms with Crippen molar-refractivity contribution in [3.8, 4) is 0 Å². The standard InChI is InChI=1S/C10H5F6N5/c11-2-1-18-10(21-17)20-9(2)19-8-6(15)4(13)3(12)5(14)7(8)16/h1H,17H2,(H2,18,19,20,21). The van der Waals surface area contributed by atoms with Crippen molar-refractivity contribution >= 4 is 17.5 Å². The van der Waals surface area contributed by atoms with Crippen LogP contribution in [0.3, 0.4) is 0 Å². The number of nitrogens with two attached hydrogens (primary N) is 1. The number of anilines is 3. The fourth-order valence-corrected chi connectivity index (χ4v) is 1.36. The monoisotopic (exact) mass is 309 g/mol. The Balaban J connectivity index is 2.55. The highest BCUT2D eigenvalue weighted by Gasteiger charge is 2.26. The highest BCUT2D eigenvalue weighted by molar-refractivity contribution is 5.59. The summed E-state index contributed by atoms with van der Waals surface area (Å²) in [5, 5.41) is 1.67. The molecule has 0 spiro atoms. The fourth-order valence-electron chi connectivity index (χ4n) is 1.36. The van der Waals surface area contributed by atoms with Crippen LogP contribution in [0.5, 0.6) is 0 Å². The van der Waals surface area contributed by atoms with Gasteiger partial charge in [0, 0.05) is 0 Å². The van der Waals surface area contributed by atoms with Crippen LogP contribution in [0.1, 0.15) is 0 Å². The lowest BCUT2D eigenvalue weighted by Gasteiger charge is -2.11. The van der Waals surface area contributed by atoms with E-state index >= 15 is 0 Å². The van der Waals surface area contributed by atoms with Gasteiger partial charge in [-0.1, -0.05) is 0 Å². The van der Waals surface area contributed by atoms with Crippen molar-refractivity contribution in [3.63, 3.8) is 0 Å². The number of nitrogen functional groups attached to an aromatic ring is 1. The molecule has 4 N–H and O–H groups in total. The van der Waals surface area contributed by atoms with Crippen molar-refractivity contribution in [2.75, 3.05) is 10.7 Å². The molecule has 0 radical (unpaired) electrons. The predicted octanol–water partition coefficient (Wildman–Crippen LogP) is 2.34. The molecule has 1 aromatic carbocycles. The van der Waals surface area contributed by atoms with Gasteiger partial charge in [0.2, 0.25) is 11.8 Å². The van der Waals surface area contributed by atoms with Crippen molar-refractivity contribution in [1.29, 1.82) is 0 Å². The Morgan fingerprint density at radius 2 is 1.38 bits per heavy atom. The molecule has 21 heavy (non-hydrogen) atoms. The first-order valence-corrected chi connectivity index (χ1v) is 5.14. The van der Waals surface area contributed by atoms with E-state index < -0.39 is 46.4 Å². The molecule has 5 nitrogen and oxygen atoms in total. The van der Waals surface area contributed by atoms with E-state index in [1.807, 2.05) is 5.43 Å². The summed E-state index contributed by atoms with van der Waals surface area (Å²) in [5.41, 5.74) is 0.465. The number of nitrogens with one attached hydrogen (secondary N) is 2. The Kier molecular flexibility index (Phi) is 3.84. The molecule has 0 atom stereocenters. The Bertz CT molecular complexity index is 678. The maximum absolute atomic E-state index is 13.4. The van der Waals surface area contributed by atoms with Gasteiger partial charge in [-0.05, 0) is 0 Å². The van der Waals surface area contributed by atoms with Gasteiger partial charge in [-0.15, -0.1) is 0 Å². The molecule has 1 aromatic heterocycles. The zero-order valence-corrected chi connectivity index (χ0v) is 9.82. The van der Waals surface area contributed by atoms with Crippen LogP contribution in [0.2, 0.25) is 0 Å². The molecule has 0 fully saturated rings. The highest BCUT2D eigenvalue weighted by atomic mass is 19.2. The Labute approximate surface area is 112 Å². The van der Waals surface area contributed by atoms with Gasteiger partial charge in [-0.3, -0.25) is 5.43 Å². The third kappa shape index (κ3) is 2.54. The van der Waals surface area contributed by atoms with Crippen molar-refractivity contribution in [2.24, 2.45) is 5.84 Å². The SMILES string of the molecule is NNc1ncc(F)c(Nc2c(F)c(F)c(F)c(F)c2F)n1. The summed E-state index contributed by atoms with van der Waals surface area (Å²) in [6.07, 6.45) is 0.580. The van der Waals surface area contributed by atoms with Crippen LogP contribution in [-0.4, -0.2) is 9.97 Å². The van der Waals surface area contributed by atoms with Gasteiger partial charge < -0.3 is 5.32 Å². The maximum atomic E-state index is 13.4. The Morgan fingerprint density at radius 1 is 0.857 bits per heavy atom. The number of nitrogens with zero attached hydrogens (tertiary/aromatic N) is 2. The van der Waals surface area contributed by atoms with Crippen LogP contribution in [0, 0.1) is 34.9 Å². The van der Waals surface area contributed by atoms with Gasteiger partial charge in [0.25, 0.3) is 0 Å². The van der Waals surface area contributed by atoms with Gasteiger partial charge in [0.05, 0.1) is 6.20 Å². The van der Waals surface area contributed by atoms with Crippen molar-refractivity contribution in [1.82, 2.24) is 9.97 Å². The molecule has 0 aliphatic carbocycles. The molecule has 0 bridgehead atoms. The lowest BCUT2D eigenvalue weighted by molar-refractivity contribution is 0.382. The molecular formula is C10H5F6N5. The minimum absolute atomic E-state index is 0.345. The molecule has 2 aromatic rings. The van der Waals surface area contributed by atoms with E-state index in [0.29, 0.717) is 6.20 Å². The third-order valence-electron chi connectivity index (χ3n) is 2.33. The topological polar surface area (TPSA) is 75.9 Å². The van der Waals surface area contributed by atoms with Crippen molar-refractivity contribution in [2.45, 2.75) is 0 Å². The number of benzene rings is 1. The van der Waals surface area contributed by atoms with Crippen LogP contribution < -0.4 is 16.6 Å². The van der Waals surface area contributed by atoms with Crippen molar-refractivity contribution in [3.05, 3.63) is 41.1 Å². The average molecular weight is 309 g/mol. The van der Waals surface area contributed by atoms with Gasteiger partial charge in [0.1, 0.15) is 5.69 Å². The zero-order chi connectivity index (χ0) is 15.7. The predicted molar refractivity (Wildman–Crippen MR) is 59.3 cm³/mol. The Hall–Kier alpha value is -2.56. The lowest BCUT2D eigenvalue weighted by Crippen LogP contribution is -2.13. The number of aromatic nitrogens is 2. The molecule has 112 valence electrons. The minimum atomic E-state index is -2.33. The average Bonchev–Trinajstić information content (AvgIpc) is 2.49. The molecule has 2 rings (SSSR count). The summed E-state index contributed by atoms with van der Waals surface area (Å²) >= 11 is 0. The summed E-state index contributed by atoms with van der Waals surface area (Å²) in [4.78, 5) is 6.68. The number of rotatable bonds is 3. The smallest absolute Gasteiger partial charge is 0.239 e. The van der Waals surface area contributed by atoms with E-state index in [2.05, 4.69) is 9.97 Å². The number of hydrazine groups is 1. The number of hydrogen-bond donors (Lipinski definition) is 3. The van der Waals surface area contributed by atoms with Gasteiger partial charge >= 0.3 is 0 Å². The van der Waals surface area contributed by atoms with E-state index in [9.17, 15) is 26.3 Å². The summed E-state index contributed by atoms with van der Waals surface area (Å²) in [6, 6.07) is 0. The normalized spacial score (nSPS) is 10.6. The molecule has 1 heterocycles. The van der Waals surface area contributed by atoms with Crippen LogP contribution in [0.4, 0.5) is 43.8 Å². The second-order valence-corrected chi connectivity index (χ2v) is 3.60. The number of halogens is 6. The molecule has 0 aliphatic rings. The number of hydrogen-bond acceptors (Lipinski definition) is 5. The van der Waals surface area contributed by atoms with Gasteiger partial charge in [0.15, 0.2) is 34.9 Å². The Morgan fingerprint density at radius 3 is 1.90 bits per heavy atom. The first-order chi connectivity index (χ1) is 9.86. The van der Waals surface area contributed by atoms with Crippen LogP contribution in [0.15, 0.2) is 6.20 Å². The maximum Gasteiger partial charge on any atom is 0.239 e. The van der Waals surface area contributed by atoms with Crippen LogP contribution in [-0.2, 0) is 0 Å². The van der Waals surface area contributed by atoms with E-state index in [4.69, 9.17) is 5.84 Å². The summed E-state index contributed by atoms with van der Waals surface area (Å²) in [6.45, 7) is 0. The highest BCUT2D eigenvalue weighted by Crippen LogP contribution is 2.29. The van der Waals surface area contributed by atoms with Gasteiger partial charge in [-0.25, -0.2) is 37.2 Å². The molecule has 0 saturated carbocycles. The van der Waals surface area contributed by atoms with Crippen LogP contribution >= 0.6 is 0 Å². The van der Waals surface area contributed by atoms with E-state index in [1.54, 1.807) is 5.32 Å². The molecule has 11 heteroatoms. The minimum Gasteiger partial charge on any atom is -0.333 e. The lowest BCUT2D eigenvalue weighted by atomic mass is 10.2. The molecule has 0 saturated heterocycles. The first-order valence-electron chi connectivity index (χ1n) is 5.14. The second-order valence-electron chi connectivity index (χ2n) is 3.60. The largest absolute Gasteiger partial charge is 0.333 e. The summed E-state index contributed by atoms with van der Waals surface area (Å²) < 4.78 is 79.0. The van der Waals surface area contributed by atoms with Crippen LogP contribution in [0.25, 0.3) is 0 Å². The quantitative estimate of drug-likeness (QED) is 0.267. The third-order valence-corrected chi connectivity index (χ3v) is 2.33. The molecule has 0 amide bonds. The molecule has 0 unspecified atom stereocenters.